The number of nitrogens with one attached hydrogen (secondary N) is 2. The van der Waals surface area contributed by atoms with Crippen molar-refractivity contribution < 1.29 is 4.79 Å². The predicted octanol–water partition coefficient (Wildman–Crippen LogP) is 2.21. The quantitative estimate of drug-likeness (QED) is 0.906. The van der Waals surface area contributed by atoms with Crippen LogP contribution < -0.4 is 10.6 Å². The van der Waals surface area contributed by atoms with Crippen LogP contribution in [0, 0.1) is 0 Å². The maximum Gasteiger partial charge on any atom is 0.271 e. The van der Waals surface area contributed by atoms with Crippen LogP contribution in [-0.2, 0) is 6.54 Å². The number of benzene rings is 1. The van der Waals surface area contributed by atoms with E-state index in [1.807, 2.05) is 24.3 Å². The van der Waals surface area contributed by atoms with Crippen LogP contribution in [0.2, 0.25) is 0 Å². The van der Waals surface area contributed by atoms with Gasteiger partial charge in [-0.25, -0.2) is 0 Å². The first-order valence-corrected chi connectivity index (χ1v) is 6.52. The summed E-state index contributed by atoms with van der Waals surface area (Å²) in [7, 11) is 1.56. The van der Waals surface area contributed by atoms with Crippen molar-refractivity contribution in [2.24, 2.45) is 0 Å². The summed E-state index contributed by atoms with van der Waals surface area (Å²) in [5.74, 6) is 0.388. The second kappa shape index (κ2) is 6.29. The van der Waals surface area contributed by atoms with Crippen LogP contribution in [0.3, 0.4) is 0 Å². The van der Waals surface area contributed by atoms with Gasteiger partial charge in [0.15, 0.2) is 5.69 Å². The molecule has 1 amide bonds. The van der Waals surface area contributed by atoms with Crippen molar-refractivity contribution in [1.29, 1.82) is 0 Å². The SMILES string of the molecule is CNC(=O)c1ccc(NCc2cccc(Br)c2)nn1. The monoisotopic (exact) mass is 320 g/mol. The Morgan fingerprint density at radius 1 is 1.26 bits per heavy atom. The van der Waals surface area contributed by atoms with Crippen LogP contribution >= 0.6 is 15.9 Å². The second-order valence-electron chi connectivity index (χ2n) is 3.87. The van der Waals surface area contributed by atoms with E-state index >= 15 is 0 Å². The highest BCUT2D eigenvalue weighted by atomic mass is 79.9. The molecule has 0 bridgehead atoms. The van der Waals surface area contributed by atoms with Gasteiger partial charge in [0.2, 0.25) is 0 Å². The number of hydrogen-bond donors (Lipinski definition) is 2. The number of anilines is 1. The van der Waals surface area contributed by atoms with Gasteiger partial charge in [0.25, 0.3) is 5.91 Å². The number of halogens is 1. The highest BCUT2D eigenvalue weighted by Gasteiger charge is 2.05. The predicted molar refractivity (Wildman–Crippen MR) is 76.9 cm³/mol. The fourth-order valence-electron chi connectivity index (χ4n) is 1.52. The molecule has 98 valence electrons. The molecule has 0 unspecified atom stereocenters. The molecule has 0 atom stereocenters. The average Bonchev–Trinajstić information content (AvgIpc) is 2.45. The zero-order chi connectivity index (χ0) is 13.7. The van der Waals surface area contributed by atoms with Crippen LogP contribution in [0.15, 0.2) is 40.9 Å². The molecular weight excluding hydrogens is 308 g/mol. The lowest BCUT2D eigenvalue weighted by Gasteiger charge is -2.06. The number of carbonyl (C=O) groups is 1. The van der Waals surface area contributed by atoms with Crippen molar-refractivity contribution in [1.82, 2.24) is 15.5 Å². The average molecular weight is 321 g/mol. The van der Waals surface area contributed by atoms with Gasteiger partial charge in [-0.15, -0.1) is 10.2 Å². The van der Waals surface area contributed by atoms with Crippen LogP contribution in [0.5, 0.6) is 0 Å². The normalized spacial score (nSPS) is 10.0. The lowest BCUT2D eigenvalue weighted by molar-refractivity contribution is 0.0957. The van der Waals surface area contributed by atoms with E-state index in [0.717, 1.165) is 10.0 Å². The molecule has 1 aromatic carbocycles. The fourth-order valence-corrected chi connectivity index (χ4v) is 1.96. The largest absolute Gasteiger partial charge is 0.365 e. The number of amides is 1. The topological polar surface area (TPSA) is 66.9 Å². The van der Waals surface area contributed by atoms with Crippen LogP contribution in [-0.4, -0.2) is 23.2 Å². The summed E-state index contributed by atoms with van der Waals surface area (Å²) in [6.45, 7) is 0.646. The number of nitrogens with zero attached hydrogens (tertiary/aromatic N) is 2. The highest BCUT2D eigenvalue weighted by Crippen LogP contribution is 2.12. The van der Waals surface area contributed by atoms with Gasteiger partial charge in [-0.1, -0.05) is 28.1 Å². The molecule has 0 fully saturated rings. The summed E-state index contributed by atoms with van der Waals surface area (Å²) in [5.41, 5.74) is 1.43. The minimum atomic E-state index is -0.244. The van der Waals surface area contributed by atoms with Gasteiger partial charge in [0.1, 0.15) is 5.82 Å². The van der Waals surface area contributed by atoms with Gasteiger partial charge in [-0.3, -0.25) is 4.79 Å². The molecule has 1 heterocycles. The number of hydrogen-bond acceptors (Lipinski definition) is 4. The van der Waals surface area contributed by atoms with Crippen LogP contribution in [0.25, 0.3) is 0 Å². The molecule has 0 aliphatic rings. The zero-order valence-corrected chi connectivity index (χ0v) is 11.9. The van der Waals surface area contributed by atoms with Crippen molar-refractivity contribution in [2.75, 3.05) is 12.4 Å². The van der Waals surface area contributed by atoms with E-state index in [1.165, 1.54) is 0 Å². The molecule has 0 aliphatic carbocycles. The lowest BCUT2D eigenvalue weighted by Crippen LogP contribution is -2.19. The van der Waals surface area contributed by atoms with Crippen LogP contribution in [0.4, 0.5) is 5.82 Å². The summed E-state index contributed by atoms with van der Waals surface area (Å²) in [4.78, 5) is 11.3. The Morgan fingerprint density at radius 2 is 2.11 bits per heavy atom. The Hall–Kier alpha value is -1.95. The Kier molecular flexibility index (Phi) is 4.46. The molecule has 0 radical (unpaired) electrons. The van der Waals surface area contributed by atoms with Crippen molar-refractivity contribution in [3.63, 3.8) is 0 Å². The molecule has 2 aromatic rings. The minimum Gasteiger partial charge on any atom is -0.365 e. The van der Waals surface area contributed by atoms with E-state index in [4.69, 9.17) is 0 Å². The molecular formula is C13H13BrN4O. The van der Waals surface area contributed by atoms with Crippen LogP contribution in [0.1, 0.15) is 16.1 Å². The van der Waals surface area contributed by atoms with E-state index in [2.05, 4.69) is 36.8 Å². The third-order valence-electron chi connectivity index (χ3n) is 2.49. The second-order valence-corrected chi connectivity index (χ2v) is 4.78. The molecule has 6 heteroatoms. The maximum atomic E-state index is 11.3. The van der Waals surface area contributed by atoms with Gasteiger partial charge in [0.05, 0.1) is 0 Å². The molecule has 5 nitrogen and oxygen atoms in total. The number of aromatic nitrogens is 2. The van der Waals surface area contributed by atoms with Crippen molar-refractivity contribution in [3.05, 3.63) is 52.1 Å². The Morgan fingerprint density at radius 3 is 2.74 bits per heavy atom. The summed E-state index contributed by atoms with van der Waals surface area (Å²) in [6, 6.07) is 11.4. The molecule has 0 saturated heterocycles. The van der Waals surface area contributed by atoms with Gasteiger partial charge >= 0.3 is 0 Å². The molecule has 0 aliphatic heterocycles. The van der Waals surface area contributed by atoms with Gasteiger partial charge < -0.3 is 10.6 Å². The highest BCUT2D eigenvalue weighted by molar-refractivity contribution is 9.10. The summed E-state index contributed by atoms with van der Waals surface area (Å²) < 4.78 is 1.04. The first kappa shape index (κ1) is 13.5. The first-order chi connectivity index (χ1) is 9.19. The third kappa shape index (κ3) is 3.75. The molecule has 0 spiro atoms. The Labute approximate surface area is 119 Å². The first-order valence-electron chi connectivity index (χ1n) is 5.73. The minimum absolute atomic E-state index is 0.244. The molecule has 2 N–H and O–H groups in total. The fraction of sp³-hybridized carbons (Fsp3) is 0.154. The summed E-state index contributed by atoms with van der Waals surface area (Å²) >= 11 is 3.42. The van der Waals surface area contributed by atoms with Gasteiger partial charge in [-0.2, -0.15) is 0 Å². The van der Waals surface area contributed by atoms with Gasteiger partial charge in [-0.05, 0) is 29.8 Å². The van der Waals surface area contributed by atoms with Crippen molar-refractivity contribution in [3.8, 4) is 0 Å². The third-order valence-corrected chi connectivity index (χ3v) is 2.98. The number of rotatable bonds is 4. The van der Waals surface area contributed by atoms with E-state index in [9.17, 15) is 4.79 Å². The lowest BCUT2D eigenvalue weighted by atomic mass is 10.2. The van der Waals surface area contributed by atoms with E-state index in [0.29, 0.717) is 18.1 Å². The summed E-state index contributed by atoms with van der Waals surface area (Å²) in [5, 5.41) is 13.4. The van der Waals surface area contributed by atoms with E-state index in [-0.39, 0.29) is 5.91 Å². The van der Waals surface area contributed by atoms with Crippen molar-refractivity contribution >= 4 is 27.7 Å². The summed E-state index contributed by atoms with van der Waals surface area (Å²) in [6.07, 6.45) is 0. The molecule has 1 aromatic heterocycles. The van der Waals surface area contributed by atoms with Gasteiger partial charge in [0, 0.05) is 18.1 Å². The Bertz CT molecular complexity index is 571. The zero-order valence-electron chi connectivity index (χ0n) is 10.4. The standard InChI is InChI=1S/C13H13BrN4O/c1-15-13(19)11-5-6-12(18-17-11)16-8-9-3-2-4-10(14)7-9/h2-7H,8H2,1H3,(H,15,19)(H,16,18). The van der Waals surface area contributed by atoms with E-state index in [1.54, 1.807) is 19.2 Å². The van der Waals surface area contributed by atoms with E-state index < -0.39 is 0 Å². The smallest absolute Gasteiger partial charge is 0.271 e. The maximum absolute atomic E-state index is 11.3. The van der Waals surface area contributed by atoms with Crippen molar-refractivity contribution in [2.45, 2.75) is 6.54 Å². The molecule has 19 heavy (non-hydrogen) atoms. The molecule has 0 saturated carbocycles. The molecule has 2 rings (SSSR count). The number of carbonyl (C=O) groups excluding carboxylic acids is 1. The Balaban J connectivity index is 1.98.